The molecule has 17 heavy (non-hydrogen) atoms. The lowest BCUT2D eigenvalue weighted by Crippen LogP contribution is -2.37. The van der Waals surface area contributed by atoms with Gasteiger partial charge in [0.25, 0.3) is 0 Å². The van der Waals surface area contributed by atoms with Crippen molar-refractivity contribution in [1.29, 1.82) is 0 Å². The number of amides is 1. The number of carbonyl (C=O) groups is 1. The van der Waals surface area contributed by atoms with Crippen molar-refractivity contribution in [2.75, 3.05) is 13.1 Å². The van der Waals surface area contributed by atoms with E-state index in [4.69, 9.17) is 11.6 Å². The van der Waals surface area contributed by atoms with Crippen LogP contribution in [0.5, 0.6) is 0 Å². The highest BCUT2D eigenvalue weighted by Gasteiger charge is 2.27. The Kier molecular flexibility index (Phi) is 4.49. The van der Waals surface area contributed by atoms with Crippen molar-refractivity contribution < 1.29 is 4.79 Å². The van der Waals surface area contributed by atoms with Gasteiger partial charge in [-0.25, -0.2) is 0 Å². The van der Waals surface area contributed by atoms with Crippen LogP contribution in [0.3, 0.4) is 0 Å². The summed E-state index contributed by atoms with van der Waals surface area (Å²) in [7, 11) is 0. The highest BCUT2D eigenvalue weighted by atomic mass is 35.5. The van der Waals surface area contributed by atoms with Crippen LogP contribution >= 0.6 is 11.6 Å². The summed E-state index contributed by atoms with van der Waals surface area (Å²) in [6.07, 6.45) is 7.21. The van der Waals surface area contributed by atoms with E-state index in [2.05, 4.69) is 6.58 Å². The zero-order valence-electron chi connectivity index (χ0n) is 10.5. The van der Waals surface area contributed by atoms with Crippen molar-refractivity contribution in [2.24, 2.45) is 5.92 Å². The largest absolute Gasteiger partial charge is 0.343 e. The molecule has 1 aliphatic carbocycles. The second-order valence-corrected chi connectivity index (χ2v) is 6.00. The number of halogens is 1. The molecule has 2 unspecified atom stereocenters. The van der Waals surface area contributed by atoms with Gasteiger partial charge in [-0.15, -0.1) is 11.6 Å². The van der Waals surface area contributed by atoms with Gasteiger partial charge in [0.2, 0.25) is 5.91 Å². The molecule has 2 nitrogen and oxygen atoms in total. The summed E-state index contributed by atoms with van der Waals surface area (Å²) in [6.45, 7) is 6.00. The SMILES string of the molecule is C=C1CC(Cl)CCC1CC(=O)N1CCCCC1. The third-order valence-corrected chi connectivity index (χ3v) is 4.39. The monoisotopic (exact) mass is 255 g/mol. The molecule has 0 N–H and O–H groups in total. The lowest BCUT2D eigenvalue weighted by Gasteiger charge is -2.31. The number of allylic oxidation sites excluding steroid dienone is 1. The van der Waals surface area contributed by atoms with Gasteiger partial charge in [-0.3, -0.25) is 4.79 Å². The Morgan fingerprint density at radius 1 is 1.29 bits per heavy atom. The summed E-state index contributed by atoms with van der Waals surface area (Å²) in [5.74, 6) is 0.697. The number of hydrogen-bond acceptors (Lipinski definition) is 1. The van der Waals surface area contributed by atoms with Gasteiger partial charge in [0.15, 0.2) is 0 Å². The summed E-state index contributed by atoms with van der Waals surface area (Å²) < 4.78 is 0. The molecule has 0 aromatic heterocycles. The van der Waals surface area contributed by atoms with Gasteiger partial charge < -0.3 is 4.90 Å². The third kappa shape index (κ3) is 3.48. The molecule has 2 atom stereocenters. The van der Waals surface area contributed by atoms with Crippen molar-refractivity contribution in [1.82, 2.24) is 4.90 Å². The maximum absolute atomic E-state index is 12.1. The summed E-state index contributed by atoms with van der Waals surface area (Å²) in [6, 6.07) is 0. The Balaban J connectivity index is 1.83. The molecular weight excluding hydrogens is 234 g/mol. The lowest BCUT2D eigenvalue weighted by molar-refractivity contribution is -0.132. The van der Waals surface area contributed by atoms with Crippen molar-refractivity contribution in [3.63, 3.8) is 0 Å². The number of piperidine rings is 1. The van der Waals surface area contributed by atoms with E-state index in [0.29, 0.717) is 18.2 Å². The molecular formula is C14H22ClNO. The van der Waals surface area contributed by atoms with Crippen LogP contribution in [-0.4, -0.2) is 29.3 Å². The number of nitrogens with zero attached hydrogens (tertiary/aromatic N) is 1. The van der Waals surface area contributed by atoms with Gasteiger partial charge in [-0.1, -0.05) is 12.2 Å². The molecule has 2 fully saturated rings. The second-order valence-electron chi connectivity index (χ2n) is 5.38. The predicted octanol–water partition coefficient (Wildman–Crippen LogP) is 3.35. The standard InChI is InChI=1S/C14H22ClNO/c1-11-9-13(15)6-5-12(11)10-14(17)16-7-3-2-4-8-16/h12-13H,1-10H2. The fraction of sp³-hybridized carbons (Fsp3) is 0.786. The van der Waals surface area contributed by atoms with Crippen LogP contribution in [0.4, 0.5) is 0 Å². The molecule has 0 bridgehead atoms. The Morgan fingerprint density at radius 2 is 2.00 bits per heavy atom. The van der Waals surface area contributed by atoms with E-state index in [1.807, 2.05) is 4.90 Å². The zero-order chi connectivity index (χ0) is 12.3. The van der Waals surface area contributed by atoms with Gasteiger partial charge in [0.1, 0.15) is 0 Å². The maximum atomic E-state index is 12.1. The Hall–Kier alpha value is -0.500. The van der Waals surface area contributed by atoms with E-state index in [1.54, 1.807) is 0 Å². The number of carbonyl (C=O) groups excluding carboxylic acids is 1. The zero-order valence-corrected chi connectivity index (χ0v) is 11.2. The van der Waals surface area contributed by atoms with Gasteiger partial charge in [-0.05, 0) is 44.4 Å². The first-order valence-corrected chi connectivity index (χ1v) is 7.20. The van der Waals surface area contributed by atoms with Gasteiger partial charge in [0.05, 0.1) is 0 Å². The smallest absolute Gasteiger partial charge is 0.223 e. The molecule has 96 valence electrons. The molecule has 2 rings (SSSR count). The maximum Gasteiger partial charge on any atom is 0.223 e. The van der Waals surface area contributed by atoms with E-state index in [0.717, 1.165) is 32.4 Å². The number of rotatable bonds is 2. The highest BCUT2D eigenvalue weighted by molar-refractivity contribution is 6.20. The summed E-state index contributed by atoms with van der Waals surface area (Å²) >= 11 is 6.11. The predicted molar refractivity (Wildman–Crippen MR) is 71.2 cm³/mol. The topological polar surface area (TPSA) is 20.3 Å². The quantitative estimate of drug-likeness (QED) is 0.547. The first-order valence-electron chi connectivity index (χ1n) is 6.76. The fourth-order valence-electron chi connectivity index (χ4n) is 2.87. The van der Waals surface area contributed by atoms with Crippen molar-refractivity contribution in [3.8, 4) is 0 Å². The van der Waals surface area contributed by atoms with Gasteiger partial charge in [0, 0.05) is 24.9 Å². The van der Waals surface area contributed by atoms with Gasteiger partial charge >= 0.3 is 0 Å². The highest BCUT2D eigenvalue weighted by Crippen LogP contribution is 2.33. The lowest BCUT2D eigenvalue weighted by atomic mass is 9.82. The minimum atomic E-state index is 0.240. The van der Waals surface area contributed by atoms with Crippen LogP contribution in [0.1, 0.15) is 44.9 Å². The first-order chi connectivity index (χ1) is 8.16. The van der Waals surface area contributed by atoms with Crippen molar-refractivity contribution >= 4 is 17.5 Å². The molecule has 0 aromatic rings. The Bertz CT molecular complexity index is 297. The summed E-state index contributed by atoms with van der Waals surface area (Å²) in [4.78, 5) is 14.2. The minimum Gasteiger partial charge on any atom is -0.343 e. The number of likely N-dealkylation sites (tertiary alicyclic amines) is 1. The summed E-state index contributed by atoms with van der Waals surface area (Å²) in [5, 5.41) is 0.240. The first kappa shape index (κ1) is 12.9. The minimum absolute atomic E-state index is 0.240. The molecule has 0 spiro atoms. The van der Waals surface area contributed by atoms with E-state index >= 15 is 0 Å². The van der Waals surface area contributed by atoms with Crippen LogP contribution in [-0.2, 0) is 4.79 Å². The van der Waals surface area contributed by atoms with Crippen molar-refractivity contribution in [3.05, 3.63) is 12.2 Å². The molecule has 1 heterocycles. The van der Waals surface area contributed by atoms with E-state index in [-0.39, 0.29) is 5.38 Å². The average molecular weight is 256 g/mol. The molecule has 1 saturated carbocycles. The van der Waals surface area contributed by atoms with Crippen LogP contribution in [0.15, 0.2) is 12.2 Å². The molecule has 3 heteroatoms. The van der Waals surface area contributed by atoms with Crippen LogP contribution in [0, 0.1) is 5.92 Å². The van der Waals surface area contributed by atoms with E-state index in [9.17, 15) is 4.79 Å². The van der Waals surface area contributed by atoms with Crippen LogP contribution < -0.4 is 0 Å². The second kappa shape index (κ2) is 5.90. The van der Waals surface area contributed by atoms with Crippen LogP contribution in [0.2, 0.25) is 0 Å². The molecule has 2 aliphatic rings. The summed E-state index contributed by atoms with van der Waals surface area (Å²) in [5.41, 5.74) is 1.18. The number of hydrogen-bond donors (Lipinski definition) is 0. The molecule has 0 aromatic carbocycles. The molecule has 1 amide bonds. The average Bonchev–Trinajstić information content (AvgIpc) is 2.34. The molecule has 1 saturated heterocycles. The Morgan fingerprint density at radius 3 is 2.65 bits per heavy atom. The van der Waals surface area contributed by atoms with Gasteiger partial charge in [-0.2, -0.15) is 0 Å². The van der Waals surface area contributed by atoms with Crippen LogP contribution in [0.25, 0.3) is 0 Å². The van der Waals surface area contributed by atoms with Crippen molar-refractivity contribution in [2.45, 2.75) is 50.3 Å². The number of alkyl halides is 1. The molecule has 1 aliphatic heterocycles. The normalized spacial score (nSPS) is 30.4. The third-order valence-electron chi connectivity index (χ3n) is 4.02. The van der Waals surface area contributed by atoms with E-state index < -0.39 is 0 Å². The Labute approximate surface area is 109 Å². The molecule has 0 radical (unpaired) electrons. The van der Waals surface area contributed by atoms with E-state index in [1.165, 1.54) is 24.8 Å². The fourth-order valence-corrected chi connectivity index (χ4v) is 3.19.